The standard InChI is InChI=1S/C22H25N3O3/c1-3-12-23-21(26)17-8-10-18(11-9-17)22(27)25-15-13-24(14-16-25)19-6-4-5-7-20(19)28-2/h3-11H,1,12-16H2,2H3,(H,23,26). The molecule has 0 spiro atoms. The van der Waals surface area contributed by atoms with Crippen molar-refractivity contribution in [1.82, 2.24) is 10.2 Å². The van der Waals surface area contributed by atoms with E-state index < -0.39 is 0 Å². The number of benzene rings is 2. The lowest BCUT2D eigenvalue weighted by molar-refractivity contribution is 0.0746. The van der Waals surface area contributed by atoms with Crippen molar-refractivity contribution in [1.29, 1.82) is 0 Å². The minimum absolute atomic E-state index is 0.0160. The third kappa shape index (κ3) is 4.34. The number of methoxy groups -OCH3 is 1. The van der Waals surface area contributed by atoms with Crippen LogP contribution >= 0.6 is 0 Å². The highest BCUT2D eigenvalue weighted by Gasteiger charge is 2.23. The predicted molar refractivity (Wildman–Crippen MR) is 110 cm³/mol. The fourth-order valence-corrected chi connectivity index (χ4v) is 3.26. The number of carbonyl (C=O) groups is 2. The highest BCUT2D eigenvalue weighted by Crippen LogP contribution is 2.28. The van der Waals surface area contributed by atoms with Gasteiger partial charge in [-0.05, 0) is 36.4 Å². The average molecular weight is 379 g/mol. The molecule has 6 nitrogen and oxygen atoms in total. The highest BCUT2D eigenvalue weighted by atomic mass is 16.5. The minimum atomic E-state index is -0.177. The van der Waals surface area contributed by atoms with E-state index in [0.29, 0.717) is 30.8 Å². The van der Waals surface area contributed by atoms with Gasteiger partial charge in [-0.1, -0.05) is 18.2 Å². The van der Waals surface area contributed by atoms with Crippen LogP contribution in [0.1, 0.15) is 20.7 Å². The van der Waals surface area contributed by atoms with Crippen LogP contribution in [0.3, 0.4) is 0 Å². The van der Waals surface area contributed by atoms with Gasteiger partial charge in [0.25, 0.3) is 11.8 Å². The number of para-hydroxylation sites is 2. The molecule has 2 aromatic carbocycles. The van der Waals surface area contributed by atoms with Gasteiger partial charge >= 0.3 is 0 Å². The lowest BCUT2D eigenvalue weighted by Gasteiger charge is -2.36. The van der Waals surface area contributed by atoms with Gasteiger partial charge in [0.15, 0.2) is 0 Å². The number of nitrogens with one attached hydrogen (secondary N) is 1. The summed E-state index contributed by atoms with van der Waals surface area (Å²) in [5.74, 6) is 0.648. The molecule has 0 bridgehead atoms. The smallest absolute Gasteiger partial charge is 0.253 e. The second-order valence-electron chi connectivity index (χ2n) is 6.53. The van der Waals surface area contributed by atoms with Crippen LogP contribution in [0, 0.1) is 0 Å². The van der Waals surface area contributed by atoms with E-state index in [-0.39, 0.29) is 11.8 Å². The Morgan fingerprint density at radius 2 is 1.68 bits per heavy atom. The zero-order valence-corrected chi connectivity index (χ0v) is 16.1. The van der Waals surface area contributed by atoms with E-state index in [2.05, 4.69) is 16.8 Å². The molecule has 1 aliphatic rings. The molecule has 1 aliphatic heterocycles. The van der Waals surface area contributed by atoms with E-state index in [1.807, 2.05) is 29.2 Å². The lowest BCUT2D eigenvalue weighted by atomic mass is 10.1. The van der Waals surface area contributed by atoms with Crippen molar-refractivity contribution >= 4 is 17.5 Å². The summed E-state index contributed by atoms with van der Waals surface area (Å²) in [6.07, 6.45) is 1.63. The van der Waals surface area contributed by atoms with Crippen LogP contribution < -0.4 is 15.0 Å². The second kappa shape index (κ2) is 9.08. The first-order valence-corrected chi connectivity index (χ1v) is 9.30. The zero-order chi connectivity index (χ0) is 19.9. The third-order valence-electron chi connectivity index (χ3n) is 4.79. The molecular weight excluding hydrogens is 354 g/mol. The summed E-state index contributed by atoms with van der Waals surface area (Å²) in [5, 5.41) is 2.72. The fraction of sp³-hybridized carbons (Fsp3) is 0.273. The average Bonchev–Trinajstić information content (AvgIpc) is 2.77. The Balaban J connectivity index is 1.60. The Morgan fingerprint density at radius 3 is 2.32 bits per heavy atom. The van der Waals surface area contributed by atoms with Crippen molar-refractivity contribution in [3.8, 4) is 5.75 Å². The fourth-order valence-electron chi connectivity index (χ4n) is 3.26. The molecule has 6 heteroatoms. The number of amides is 2. The second-order valence-corrected chi connectivity index (χ2v) is 6.53. The monoisotopic (exact) mass is 379 g/mol. The van der Waals surface area contributed by atoms with Crippen LogP contribution in [-0.4, -0.2) is 56.5 Å². The number of rotatable bonds is 6. The van der Waals surface area contributed by atoms with Gasteiger partial charge in [-0.25, -0.2) is 0 Å². The number of anilines is 1. The molecule has 3 rings (SSSR count). The topological polar surface area (TPSA) is 61.9 Å². The van der Waals surface area contributed by atoms with E-state index in [1.165, 1.54) is 0 Å². The summed E-state index contributed by atoms with van der Waals surface area (Å²) in [7, 11) is 1.67. The van der Waals surface area contributed by atoms with Crippen molar-refractivity contribution < 1.29 is 14.3 Å². The summed E-state index contributed by atoms with van der Waals surface area (Å²) in [6.45, 7) is 6.75. The highest BCUT2D eigenvalue weighted by molar-refractivity contribution is 5.98. The van der Waals surface area contributed by atoms with E-state index >= 15 is 0 Å². The van der Waals surface area contributed by atoms with Gasteiger partial charge < -0.3 is 19.9 Å². The Hall–Kier alpha value is -3.28. The van der Waals surface area contributed by atoms with Crippen LogP contribution in [0.15, 0.2) is 61.2 Å². The number of hydrogen-bond donors (Lipinski definition) is 1. The Labute approximate surface area is 165 Å². The summed E-state index contributed by atoms with van der Waals surface area (Å²) in [6, 6.07) is 14.7. The van der Waals surface area contributed by atoms with Gasteiger partial charge in [0, 0.05) is 43.9 Å². The maximum absolute atomic E-state index is 12.8. The van der Waals surface area contributed by atoms with E-state index in [0.717, 1.165) is 24.5 Å². The lowest BCUT2D eigenvalue weighted by Crippen LogP contribution is -2.48. The molecule has 0 atom stereocenters. The van der Waals surface area contributed by atoms with Gasteiger partial charge in [0.05, 0.1) is 12.8 Å². The summed E-state index contributed by atoms with van der Waals surface area (Å²) < 4.78 is 5.44. The molecule has 0 radical (unpaired) electrons. The Bertz CT molecular complexity index is 840. The molecule has 0 aliphatic carbocycles. The van der Waals surface area contributed by atoms with Crippen LogP contribution in [0.25, 0.3) is 0 Å². The van der Waals surface area contributed by atoms with Crippen LogP contribution in [-0.2, 0) is 0 Å². The van der Waals surface area contributed by atoms with Crippen LogP contribution in [0.4, 0.5) is 5.69 Å². The number of hydrogen-bond acceptors (Lipinski definition) is 4. The van der Waals surface area contributed by atoms with Crippen LogP contribution in [0.5, 0.6) is 5.75 Å². The number of piperazine rings is 1. The van der Waals surface area contributed by atoms with E-state index in [1.54, 1.807) is 37.5 Å². The molecular formula is C22H25N3O3. The van der Waals surface area contributed by atoms with Crippen molar-refractivity contribution in [2.75, 3.05) is 44.7 Å². The maximum Gasteiger partial charge on any atom is 0.253 e. The molecule has 28 heavy (non-hydrogen) atoms. The van der Waals surface area contributed by atoms with E-state index in [4.69, 9.17) is 4.74 Å². The largest absolute Gasteiger partial charge is 0.495 e. The molecule has 0 aromatic heterocycles. The van der Waals surface area contributed by atoms with Crippen molar-refractivity contribution in [3.05, 3.63) is 72.3 Å². The van der Waals surface area contributed by atoms with E-state index in [9.17, 15) is 9.59 Å². The summed E-state index contributed by atoms with van der Waals surface area (Å²) in [5.41, 5.74) is 2.16. The normalized spacial score (nSPS) is 13.8. The predicted octanol–water partition coefficient (Wildman–Crippen LogP) is 2.57. The zero-order valence-electron chi connectivity index (χ0n) is 16.1. The molecule has 0 saturated carbocycles. The van der Waals surface area contributed by atoms with Crippen molar-refractivity contribution in [2.45, 2.75) is 0 Å². The van der Waals surface area contributed by atoms with Gasteiger partial charge in [0.2, 0.25) is 0 Å². The number of nitrogens with zero attached hydrogens (tertiary/aromatic N) is 2. The first-order valence-electron chi connectivity index (χ1n) is 9.30. The number of carbonyl (C=O) groups excluding carboxylic acids is 2. The Kier molecular flexibility index (Phi) is 6.32. The van der Waals surface area contributed by atoms with Gasteiger partial charge in [-0.2, -0.15) is 0 Å². The first kappa shape index (κ1) is 19.5. The van der Waals surface area contributed by atoms with Gasteiger partial charge in [-0.15, -0.1) is 6.58 Å². The molecule has 146 valence electrons. The Morgan fingerprint density at radius 1 is 1.04 bits per heavy atom. The molecule has 1 heterocycles. The molecule has 2 amide bonds. The molecule has 0 unspecified atom stereocenters. The maximum atomic E-state index is 12.8. The molecule has 1 fully saturated rings. The molecule has 2 aromatic rings. The minimum Gasteiger partial charge on any atom is -0.495 e. The first-order chi connectivity index (χ1) is 13.6. The summed E-state index contributed by atoms with van der Waals surface area (Å²) in [4.78, 5) is 28.8. The van der Waals surface area contributed by atoms with Crippen molar-refractivity contribution in [3.63, 3.8) is 0 Å². The quantitative estimate of drug-likeness (QED) is 0.784. The third-order valence-corrected chi connectivity index (χ3v) is 4.79. The SMILES string of the molecule is C=CCNC(=O)c1ccc(C(=O)N2CCN(c3ccccc3OC)CC2)cc1. The van der Waals surface area contributed by atoms with Gasteiger partial charge in [-0.3, -0.25) is 9.59 Å². The molecule has 1 N–H and O–H groups in total. The van der Waals surface area contributed by atoms with Crippen molar-refractivity contribution in [2.24, 2.45) is 0 Å². The van der Waals surface area contributed by atoms with Crippen LogP contribution in [0.2, 0.25) is 0 Å². The summed E-state index contributed by atoms with van der Waals surface area (Å²) >= 11 is 0. The molecule has 1 saturated heterocycles. The van der Waals surface area contributed by atoms with Gasteiger partial charge in [0.1, 0.15) is 5.75 Å². The number of ether oxygens (including phenoxy) is 1.